The van der Waals surface area contributed by atoms with Gasteiger partial charge in [0.15, 0.2) is 0 Å². The molecule has 0 radical (unpaired) electrons. The predicted octanol–water partition coefficient (Wildman–Crippen LogP) is 3.10. The van der Waals surface area contributed by atoms with Crippen LogP contribution in [0.1, 0.15) is 24.4 Å². The molecule has 1 unspecified atom stereocenters. The second kappa shape index (κ2) is 4.64. The number of rotatable bonds is 1. The standard InChI is InChI=1S/C11H11BrClNO/c12-8-3-7(4-9(13)5-8)11-6-10(15)1-2-14-11/h3-5,11,14H,1-2,6H2. The van der Waals surface area contributed by atoms with Crippen LogP contribution in [0.2, 0.25) is 5.02 Å². The fraction of sp³-hybridized carbons (Fsp3) is 0.364. The molecule has 4 heteroatoms. The number of hydrogen-bond acceptors (Lipinski definition) is 2. The third-order valence-electron chi connectivity index (χ3n) is 2.51. The first-order valence-electron chi connectivity index (χ1n) is 4.86. The van der Waals surface area contributed by atoms with Gasteiger partial charge in [-0.2, -0.15) is 0 Å². The van der Waals surface area contributed by atoms with Gasteiger partial charge in [0.1, 0.15) is 5.78 Å². The van der Waals surface area contributed by atoms with Crippen LogP contribution in [0.25, 0.3) is 0 Å². The predicted molar refractivity (Wildman–Crippen MR) is 64.1 cm³/mol. The number of halogens is 2. The minimum atomic E-state index is 0.112. The first-order chi connectivity index (χ1) is 7.15. The first kappa shape index (κ1) is 11.1. The summed E-state index contributed by atoms with van der Waals surface area (Å²) in [6.45, 7) is 0.758. The van der Waals surface area contributed by atoms with Gasteiger partial charge in [-0.15, -0.1) is 0 Å². The zero-order valence-corrected chi connectivity index (χ0v) is 10.4. The molecule has 0 aromatic heterocycles. The topological polar surface area (TPSA) is 29.1 Å². The van der Waals surface area contributed by atoms with E-state index < -0.39 is 0 Å². The van der Waals surface area contributed by atoms with Gasteiger partial charge in [0.25, 0.3) is 0 Å². The molecule has 1 aromatic rings. The van der Waals surface area contributed by atoms with Crippen molar-refractivity contribution in [3.8, 4) is 0 Å². The van der Waals surface area contributed by atoms with E-state index in [0.29, 0.717) is 23.6 Å². The molecule has 1 fully saturated rings. The van der Waals surface area contributed by atoms with Crippen LogP contribution in [-0.2, 0) is 4.79 Å². The molecule has 2 nitrogen and oxygen atoms in total. The van der Waals surface area contributed by atoms with Crippen LogP contribution in [0.5, 0.6) is 0 Å². The van der Waals surface area contributed by atoms with Crippen LogP contribution >= 0.6 is 27.5 Å². The van der Waals surface area contributed by atoms with Gasteiger partial charge in [-0.25, -0.2) is 0 Å². The highest BCUT2D eigenvalue weighted by Gasteiger charge is 2.20. The van der Waals surface area contributed by atoms with E-state index in [4.69, 9.17) is 11.6 Å². The molecule has 1 heterocycles. The van der Waals surface area contributed by atoms with Crippen LogP contribution in [-0.4, -0.2) is 12.3 Å². The second-order valence-corrected chi connectivity index (χ2v) is 5.05. The molecule has 0 amide bonds. The lowest BCUT2D eigenvalue weighted by atomic mass is 9.97. The van der Waals surface area contributed by atoms with Crippen LogP contribution in [0.3, 0.4) is 0 Å². The molecule has 1 N–H and O–H groups in total. The highest BCUT2D eigenvalue weighted by molar-refractivity contribution is 9.10. The zero-order valence-electron chi connectivity index (χ0n) is 8.09. The number of carbonyl (C=O) groups excluding carboxylic acids is 1. The highest BCUT2D eigenvalue weighted by Crippen LogP contribution is 2.27. The second-order valence-electron chi connectivity index (χ2n) is 3.70. The third kappa shape index (κ3) is 2.80. The molecule has 1 saturated heterocycles. The molecule has 0 aliphatic carbocycles. The van der Waals surface area contributed by atoms with Gasteiger partial charge in [0, 0.05) is 34.9 Å². The molecular weight excluding hydrogens is 277 g/mol. The Bertz CT molecular complexity index is 374. The minimum Gasteiger partial charge on any atom is -0.309 e. The summed E-state index contributed by atoms with van der Waals surface area (Å²) in [6, 6.07) is 5.86. The van der Waals surface area contributed by atoms with E-state index in [9.17, 15) is 4.79 Å². The van der Waals surface area contributed by atoms with Gasteiger partial charge >= 0.3 is 0 Å². The fourth-order valence-electron chi connectivity index (χ4n) is 1.80. The summed E-state index contributed by atoms with van der Waals surface area (Å²) in [5.74, 6) is 0.315. The monoisotopic (exact) mass is 287 g/mol. The lowest BCUT2D eigenvalue weighted by molar-refractivity contribution is -0.120. The quantitative estimate of drug-likeness (QED) is 0.860. The Labute approximate surface area is 102 Å². The van der Waals surface area contributed by atoms with Crippen molar-refractivity contribution >= 4 is 33.3 Å². The number of Topliss-reactive ketones (excluding diaryl/α,β-unsaturated/α-hetero) is 1. The molecule has 80 valence electrons. The van der Waals surface area contributed by atoms with E-state index in [1.54, 1.807) is 0 Å². The Balaban J connectivity index is 2.24. The largest absolute Gasteiger partial charge is 0.309 e. The first-order valence-corrected chi connectivity index (χ1v) is 6.03. The number of ketones is 1. The summed E-state index contributed by atoms with van der Waals surface area (Å²) in [6.07, 6.45) is 1.20. The maximum Gasteiger partial charge on any atom is 0.136 e. The van der Waals surface area contributed by atoms with E-state index in [-0.39, 0.29) is 6.04 Å². The Morgan fingerprint density at radius 2 is 2.20 bits per heavy atom. The maximum absolute atomic E-state index is 11.3. The Kier molecular flexibility index (Phi) is 3.44. The number of hydrogen-bond donors (Lipinski definition) is 1. The SMILES string of the molecule is O=C1CCNC(c2cc(Cl)cc(Br)c2)C1. The number of benzene rings is 1. The highest BCUT2D eigenvalue weighted by atomic mass is 79.9. The van der Waals surface area contributed by atoms with Crippen molar-refractivity contribution in [3.05, 3.63) is 33.3 Å². The van der Waals surface area contributed by atoms with Crippen molar-refractivity contribution in [1.29, 1.82) is 0 Å². The van der Waals surface area contributed by atoms with Crippen molar-refractivity contribution < 1.29 is 4.79 Å². The molecule has 2 rings (SSSR count). The summed E-state index contributed by atoms with van der Waals surface area (Å²) in [5.41, 5.74) is 1.07. The zero-order chi connectivity index (χ0) is 10.8. The van der Waals surface area contributed by atoms with Crippen LogP contribution in [0.4, 0.5) is 0 Å². The Hall–Kier alpha value is -0.380. The average Bonchev–Trinajstić information content (AvgIpc) is 2.16. The molecule has 0 spiro atoms. The van der Waals surface area contributed by atoms with Gasteiger partial charge in [-0.1, -0.05) is 27.5 Å². The molecule has 15 heavy (non-hydrogen) atoms. The van der Waals surface area contributed by atoms with Gasteiger partial charge < -0.3 is 5.32 Å². The molecule has 1 aromatic carbocycles. The fourth-order valence-corrected chi connectivity index (χ4v) is 2.69. The number of nitrogens with one attached hydrogen (secondary N) is 1. The lowest BCUT2D eigenvalue weighted by Gasteiger charge is -2.23. The Morgan fingerprint density at radius 3 is 2.87 bits per heavy atom. The van der Waals surface area contributed by atoms with Crippen molar-refractivity contribution in [3.63, 3.8) is 0 Å². The molecule has 1 aliphatic rings. The normalized spacial score (nSPS) is 21.7. The smallest absolute Gasteiger partial charge is 0.136 e. The molecule has 0 bridgehead atoms. The van der Waals surface area contributed by atoms with Crippen LogP contribution in [0.15, 0.2) is 22.7 Å². The molecule has 0 saturated carbocycles. The van der Waals surface area contributed by atoms with E-state index >= 15 is 0 Å². The van der Waals surface area contributed by atoms with Crippen LogP contribution < -0.4 is 5.32 Å². The maximum atomic E-state index is 11.3. The summed E-state index contributed by atoms with van der Waals surface area (Å²) >= 11 is 9.36. The van der Waals surface area contributed by atoms with E-state index in [1.165, 1.54) is 0 Å². The summed E-state index contributed by atoms with van der Waals surface area (Å²) < 4.78 is 0.949. The number of carbonyl (C=O) groups is 1. The van der Waals surface area contributed by atoms with Gasteiger partial charge in [0.05, 0.1) is 0 Å². The summed E-state index contributed by atoms with van der Waals surface area (Å²) in [5, 5.41) is 4.01. The Morgan fingerprint density at radius 1 is 1.40 bits per heavy atom. The van der Waals surface area contributed by atoms with Gasteiger partial charge in [-0.3, -0.25) is 4.79 Å². The lowest BCUT2D eigenvalue weighted by Crippen LogP contribution is -2.31. The van der Waals surface area contributed by atoms with E-state index in [1.807, 2.05) is 18.2 Å². The van der Waals surface area contributed by atoms with Crippen molar-refractivity contribution in [2.24, 2.45) is 0 Å². The van der Waals surface area contributed by atoms with Crippen molar-refractivity contribution in [2.45, 2.75) is 18.9 Å². The van der Waals surface area contributed by atoms with E-state index in [0.717, 1.165) is 16.6 Å². The van der Waals surface area contributed by atoms with Gasteiger partial charge in [0.2, 0.25) is 0 Å². The third-order valence-corrected chi connectivity index (χ3v) is 3.19. The molecule has 1 aliphatic heterocycles. The van der Waals surface area contributed by atoms with Crippen molar-refractivity contribution in [2.75, 3.05) is 6.54 Å². The average molecular weight is 289 g/mol. The molecular formula is C11H11BrClNO. The van der Waals surface area contributed by atoms with Gasteiger partial charge in [-0.05, 0) is 23.8 Å². The minimum absolute atomic E-state index is 0.112. The summed E-state index contributed by atoms with van der Waals surface area (Å²) in [7, 11) is 0. The van der Waals surface area contributed by atoms with E-state index in [2.05, 4.69) is 21.2 Å². The van der Waals surface area contributed by atoms with Crippen molar-refractivity contribution in [1.82, 2.24) is 5.32 Å². The molecule has 1 atom stereocenters. The number of piperidine rings is 1. The van der Waals surface area contributed by atoms with Crippen LogP contribution in [0, 0.1) is 0 Å². The summed E-state index contributed by atoms with van der Waals surface area (Å²) in [4.78, 5) is 11.3.